The van der Waals surface area contributed by atoms with E-state index in [9.17, 15) is 20.0 Å². The Labute approximate surface area is 115 Å². The fourth-order valence-electron chi connectivity index (χ4n) is 2.51. The summed E-state index contributed by atoms with van der Waals surface area (Å²) in [5, 5.41) is 23.4. The summed E-state index contributed by atoms with van der Waals surface area (Å²) >= 11 is 0. The van der Waals surface area contributed by atoms with Crippen LogP contribution in [0.1, 0.15) is 12.0 Å². The second-order valence-corrected chi connectivity index (χ2v) is 4.99. The first-order valence-electron chi connectivity index (χ1n) is 6.23. The highest BCUT2D eigenvalue weighted by atomic mass is 16.6. The molecule has 0 radical (unpaired) electrons. The fourth-order valence-corrected chi connectivity index (χ4v) is 2.51. The van der Waals surface area contributed by atoms with E-state index in [2.05, 4.69) is 5.32 Å². The van der Waals surface area contributed by atoms with Crippen LogP contribution in [-0.2, 0) is 11.2 Å². The van der Waals surface area contributed by atoms with Gasteiger partial charge in [0.2, 0.25) is 0 Å². The highest BCUT2D eigenvalue weighted by Crippen LogP contribution is 2.33. The Balaban J connectivity index is 2.34. The van der Waals surface area contributed by atoms with Crippen molar-refractivity contribution in [2.45, 2.75) is 12.8 Å². The Kier molecular flexibility index (Phi) is 3.89. The number of benzene rings is 1. The van der Waals surface area contributed by atoms with Crippen molar-refractivity contribution in [3.8, 4) is 5.75 Å². The van der Waals surface area contributed by atoms with Crippen LogP contribution >= 0.6 is 0 Å². The molecule has 1 saturated heterocycles. The predicted octanol–water partition coefficient (Wildman–Crippen LogP) is 1.21. The van der Waals surface area contributed by atoms with E-state index in [1.54, 1.807) is 6.07 Å². The average Bonchev–Trinajstić information content (AvgIpc) is 2.88. The molecule has 0 bridgehead atoms. The molecule has 2 rings (SSSR count). The number of ether oxygens (including phenoxy) is 1. The normalized spacial score (nSPS) is 21.6. The lowest BCUT2D eigenvalue weighted by atomic mass is 9.81. The number of non-ortho nitro benzene ring substituents is 1. The van der Waals surface area contributed by atoms with Gasteiger partial charge in [-0.15, -0.1) is 0 Å². The smallest absolute Gasteiger partial charge is 0.311 e. The zero-order chi connectivity index (χ0) is 14.8. The first-order chi connectivity index (χ1) is 9.47. The van der Waals surface area contributed by atoms with E-state index in [1.807, 2.05) is 0 Å². The van der Waals surface area contributed by atoms with Gasteiger partial charge >= 0.3 is 5.97 Å². The van der Waals surface area contributed by atoms with Crippen LogP contribution in [0.4, 0.5) is 5.69 Å². The van der Waals surface area contributed by atoms with Gasteiger partial charge in [-0.3, -0.25) is 14.9 Å². The average molecular weight is 280 g/mol. The van der Waals surface area contributed by atoms with Crippen LogP contribution in [0.15, 0.2) is 18.2 Å². The van der Waals surface area contributed by atoms with Crippen molar-refractivity contribution in [1.82, 2.24) is 5.32 Å². The first-order valence-corrected chi connectivity index (χ1v) is 6.23. The topological polar surface area (TPSA) is 102 Å². The number of methoxy groups -OCH3 is 1. The number of carbonyl (C=O) groups is 1. The summed E-state index contributed by atoms with van der Waals surface area (Å²) in [7, 11) is 1.42. The molecule has 7 heteroatoms. The summed E-state index contributed by atoms with van der Waals surface area (Å²) in [6, 6.07) is 4.38. The van der Waals surface area contributed by atoms with E-state index in [0.29, 0.717) is 30.8 Å². The van der Waals surface area contributed by atoms with Gasteiger partial charge in [-0.1, -0.05) is 0 Å². The van der Waals surface area contributed by atoms with Crippen molar-refractivity contribution in [3.63, 3.8) is 0 Å². The molecule has 20 heavy (non-hydrogen) atoms. The van der Waals surface area contributed by atoms with Gasteiger partial charge in [0.1, 0.15) is 5.75 Å². The molecule has 1 aliphatic rings. The van der Waals surface area contributed by atoms with Crippen molar-refractivity contribution >= 4 is 11.7 Å². The third-order valence-corrected chi connectivity index (χ3v) is 3.64. The van der Waals surface area contributed by atoms with Gasteiger partial charge in [0.05, 0.1) is 23.5 Å². The summed E-state index contributed by atoms with van der Waals surface area (Å²) in [6.07, 6.45) is 0.751. The van der Waals surface area contributed by atoms with E-state index >= 15 is 0 Å². The Morgan fingerprint density at radius 1 is 1.55 bits per heavy atom. The van der Waals surface area contributed by atoms with Crippen LogP contribution in [0.3, 0.4) is 0 Å². The van der Waals surface area contributed by atoms with Crippen molar-refractivity contribution in [2.24, 2.45) is 5.41 Å². The maximum Gasteiger partial charge on any atom is 0.311 e. The molecular weight excluding hydrogens is 264 g/mol. The van der Waals surface area contributed by atoms with Crippen LogP contribution in [0.25, 0.3) is 0 Å². The molecule has 2 N–H and O–H groups in total. The molecule has 1 aliphatic heterocycles. The first kappa shape index (κ1) is 14.3. The summed E-state index contributed by atoms with van der Waals surface area (Å²) in [6.45, 7) is 1.01. The molecule has 1 fully saturated rings. The van der Waals surface area contributed by atoms with Crippen LogP contribution < -0.4 is 10.1 Å². The number of rotatable bonds is 5. The number of carboxylic acids is 1. The molecule has 0 aliphatic carbocycles. The van der Waals surface area contributed by atoms with Gasteiger partial charge in [0, 0.05) is 12.6 Å². The maximum absolute atomic E-state index is 11.5. The molecule has 0 saturated carbocycles. The molecule has 0 amide bonds. The minimum atomic E-state index is -0.903. The SMILES string of the molecule is COc1cc(CC2(C(=O)O)CCNC2)cc([N+](=O)[O-])c1. The molecular formula is C13H16N2O5. The van der Waals surface area contributed by atoms with Gasteiger partial charge in [-0.05, 0) is 31.0 Å². The lowest BCUT2D eigenvalue weighted by Gasteiger charge is -2.23. The van der Waals surface area contributed by atoms with E-state index in [-0.39, 0.29) is 12.1 Å². The standard InChI is InChI=1S/C13H16N2O5/c1-20-11-5-9(4-10(6-11)15(18)19)7-13(12(16)17)2-3-14-8-13/h4-6,14H,2-3,7-8H2,1H3,(H,16,17). The highest BCUT2D eigenvalue weighted by molar-refractivity contribution is 5.76. The summed E-state index contributed by atoms with van der Waals surface area (Å²) in [5.41, 5.74) is -0.395. The summed E-state index contributed by atoms with van der Waals surface area (Å²) < 4.78 is 5.04. The number of nitro groups is 1. The Hall–Kier alpha value is -2.15. The number of carboxylic acid groups (broad SMARTS) is 1. The molecule has 1 unspecified atom stereocenters. The van der Waals surface area contributed by atoms with Gasteiger partial charge in [0.15, 0.2) is 0 Å². The van der Waals surface area contributed by atoms with Crippen molar-refractivity contribution in [3.05, 3.63) is 33.9 Å². The van der Waals surface area contributed by atoms with E-state index in [0.717, 1.165) is 0 Å². The largest absolute Gasteiger partial charge is 0.496 e. The Bertz CT molecular complexity index is 538. The number of nitro benzene ring substituents is 1. The van der Waals surface area contributed by atoms with Crippen molar-refractivity contribution in [1.29, 1.82) is 0 Å². The molecule has 1 aromatic rings. The zero-order valence-electron chi connectivity index (χ0n) is 11.1. The molecule has 1 heterocycles. The van der Waals surface area contributed by atoms with E-state index < -0.39 is 16.3 Å². The monoisotopic (exact) mass is 280 g/mol. The Morgan fingerprint density at radius 2 is 2.30 bits per heavy atom. The summed E-state index contributed by atoms with van der Waals surface area (Å²) in [5.74, 6) is -0.520. The lowest BCUT2D eigenvalue weighted by molar-refractivity contribution is -0.385. The van der Waals surface area contributed by atoms with Gasteiger partial charge in [-0.25, -0.2) is 0 Å². The zero-order valence-corrected chi connectivity index (χ0v) is 11.1. The minimum absolute atomic E-state index is 0.0918. The predicted molar refractivity (Wildman–Crippen MR) is 70.9 cm³/mol. The van der Waals surface area contributed by atoms with Crippen LogP contribution in [0, 0.1) is 15.5 Å². The number of hydrogen-bond donors (Lipinski definition) is 2. The minimum Gasteiger partial charge on any atom is -0.496 e. The van der Waals surface area contributed by atoms with Crippen molar-refractivity contribution < 1.29 is 19.6 Å². The van der Waals surface area contributed by atoms with Crippen LogP contribution in [0.2, 0.25) is 0 Å². The lowest BCUT2D eigenvalue weighted by Crippen LogP contribution is -2.35. The van der Waals surface area contributed by atoms with Gasteiger partial charge < -0.3 is 15.2 Å². The van der Waals surface area contributed by atoms with Crippen molar-refractivity contribution in [2.75, 3.05) is 20.2 Å². The third kappa shape index (κ3) is 2.72. The fraction of sp³-hybridized carbons (Fsp3) is 0.462. The quantitative estimate of drug-likeness (QED) is 0.621. The van der Waals surface area contributed by atoms with E-state index in [1.165, 1.54) is 19.2 Å². The van der Waals surface area contributed by atoms with E-state index in [4.69, 9.17) is 4.74 Å². The number of nitrogens with zero attached hydrogens (tertiary/aromatic N) is 1. The number of aliphatic carboxylic acids is 1. The second-order valence-electron chi connectivity index (χ2n) is 4.99. The number of hydrogen-bond acceptors (Lipinski definition) is 5. The van der Waals surface area contributed by atoms with Gasteiger partial charge in [0.25, 0.3) is 5.69 Å². The molecule has 1 atom stereocenters. The molecule has 7 nitrogen and oxygen atoms in total. The molecule has 0 aromatic heterocycles. The summed E-state index contributed by atoms with van der Waals surface area (Å²) in [4.78, 5) is 21.9. The van der Waals surface area contributed by atoms with Crippen LogP contribution in [0.5, 0.6) is 5.75 Å². The second kappa shape index (κ2) is 5.46. The molecule has 1 aromatic carbocycles. The highest BCUT2D eigenvalue weighted by Gasteiger charge is 2.41. The van der Waals surface area contributed by atoms with Crippen LogP contribution in [-0.4, -0.2) is 36.2 Å². The van der Waals surface area contributed by atoms with Gasteiger partial charge in [-0.2, -0.15) is 0 Å². The Morgan fingerprint density at radius 3 is 2.80 bits per heavy atom. The maximum atomic E-state index is 11.5. The molecule has 108 valence electrons. The third-order valence-electron chi connectivity index (χ3n) is 3.64. The number of nitrogens with one attached hydrogen (secondary N) is 1. The molecule has 0 spiro atoms.